The molecule has 0 radical (unpaired) electrons. The molecule has 0 aliphatic rings. The summed E-state index contributed by atoms with van der Waals surface area (Å²) in [5.41, 5.74) is 0. The van der Waals surface area contributed by atoms with Crippen LogP contribution in [0.3, 0.4) is 0 Å². The number of aliphatic hydroxyl groups is 1. The Kier molecular flexibility index (Phi) is 21.8. The number of hydrogen-bond acceptors (Lipinski definition) is 7. The maximum Gasteiger partial charge on any atom is 0.472 e. The lowest BCUT2D eigenvalue weighted by molar-refractivity contribution is -0.147. The van der Waals surface area contributed by atoms with Gasteiger partial charge in [-0.05, 0) is 12.8 Å². The van der Waals surface area contributed by atoms with E-state index >= 15 is 0 Å². The van der Waals surface area contributed by atoms with Crippen LogP contribution in [-0.2, 0) is 27.9 Å². The van der Waals surface area contributed by atoms with Gasteiger partial charge in [-0.15, -0.1) is 0 Å². The van der Waals surface area contributed by atoms with Crippen molar-refractivity contribution in [2.75, 3.05) is 26.4 Å². The van der Waals surface area contributed by atoms with Crippen molar-refractivity contribution in [3.63, 3.8) is 0 Å². The molecule has 3 N–H and O–H groups in total. The van der Waals surface area contributed by atoms with E-state index in [0.29, 0.717) is 12.8 Å². The molecule has 10 heteroatoms. The van der Waals surface area contributed by atoms with Crippen molar-refractivity contribution in [2.45, 2.75) is 116 Å². The highest BCUT2D eigenvalue weighted by atomic mass is 31.2. The standard InChI is InChI=1S/C24H48NO8P/c1-3-5-6-7-8-9-10-11-12-13-14-15-17-24(28)31-20-22(26)21-33-34(29,30)32-19-18-25-23(27)16-4-2/h22,26H,3-21H2,1-2H3,(H,25,27)(H,29,30). The Labute approximate surface area is 205 Å². The molecule has 202 valence electrons. The second-order valence-electron chi connectivity index (χ2n) is 8.67. The molecule has 0 fully saturated rings. The van der Waals surface area contributed by atoms with Gasteiger partial charge in [0.25, 0.3) is 0 Å². The van der Waals surface area contributed by atoms with E-state index in [9.17, 15) is 24.2 Å². The van der Waals surface area contributed by atoms with Gasteiger partial charge < -0.3 is 20.1 Å². The van der Waals surface area contributed by atoms with Gasteiger partial charge in [-0.1, -0.05) is 84.5 Å². The maximum atomic E-state index is 11.8. The van der Waals surface area contributed by atoms with E-state index in [2.05, 4.69) is 12.2 Å². The number of hydrogen-bond donors (Lipinski definition) is 3. The van der Waals surface area contributed by atoms with E-state index in [1.54, 1.807) is 0 Å². The molecule has 0 bridgehead atoms. The van der Waals surface area contributed by atoms with Crippen LogP contribution in [0, 0.1) is 0 Å². The monoisotopic (exact) mass is 509 g/mol. The molecule has 0 aromatic carbocycles. The van der Waals surface area contributed by atoms with E-state index in [1.807, 2.05) is 6.92 Å². The average Bonchev–Trinajstić information content (AvgIpc) is 2.80. The zero-order valence-electron chi connectivity index (χ0n) is 21.3. The molecular weight excluding hydrogens is 461 g/mol. The Balaban J connectivity index is 3.61. The molecular formula is C24H48NO8P. The molecule has 0 rings (SSSR count). The summed E-state index contributed by atoms with van der Waals surface area (Å²) < 4.78 is 26.1. The van der Waals surface area contributed by atoms with Gasteiger partial charge in [-0.3, -0.25) is 18.6 Å². The van der Waals surface area contributed by atoms with Crippen molar-refractivity contribution in [3.8, 4) is 0 Å². The predicted octanol–water partition coefficient (Wildman–Crippen LogP) is 5.03. The minimum atomic E-state index is -4.36. The van der Waals surface area contributed by atoms with Crippen LogP contribution in [0.1, 0.15) is 110 Å². The lowest BCUT2D eigenvalue weighted by Gasteiger charge is -2.15. The van der Waals surface area contributed by atoms with Crippen LogP contribution in [0.25, 0.3) is 0 Å². The van der Waals surface area contributed by atoms with Gasteiger partial charge in [-0.25, -0.2) is 4.57 Å². The number of phosphoric acid groups is 1. The third-order valence-corrected chi connectivity index (χ3v) is 6.24. The first kappa shape index (κ1) is 33.0. The first-order chi connectivity index (χ1) is 16.3. The van der Waals surface area contributed by atoms with Crippen molar-refractivity contribution in [2.24, 2.45) is 0 Å². The third-order valence-electron chi connectivity index (χ3n) is 5.26. The normalized spacial score (nSPS) is 13.9. The number of rotatable bonds is 24. The SMILES string of the molecule is CCCCCCCCCCCCCCC(=O)OCC(O)COP(=O)(O)OCCNC(=O)CCC. The highest BCUT2D eigenvalue weighted by Gasteiger charge is 2.23. The van der Waals surface area contributed by atoms with Crippen LogP contribution in [0.5, 0.6) is 0 Å². The van der Waals surface area contributed by atoms with Gasteiger partial charge in [0.05, 0.1) is 13.2 Å². The van der Waals surface area contributed by atoms with Crippen molar-refractivity contribution in [1.82, 2.24) is 5.32 Å². The number of carbonyl (C=O) groups is 2. The van der Waals surface area contributed by atoms with Gasteiger partial charge >= 0.3 is 13.8 Å². The van der Waals surface area contributed by atoms with Gasteiger partial charge in [0.2, 0.25) is 5.91 Å². The number of unbranched alkanes of at least 4 members (excludes halogenated alkanes) is 11. The summed E-state index contributed by atoms with van der Waals surface area (Å²) in [6.07, 6.45) is 14.7. The summed E-state index contributed by atoms with van der Waals surface area (Å²) in [5.74, 6) is -0.571. The molecule has 0 aromatic rings. The lowest BCUT2D eigenvalue weighted by atomic mass is 10.0. The van der Waals surface area contributed by atoms with Crippen LogP contribution < -0.4 is 5.32 Å². The molecule has 0 aliphatic heterocycles. The van der Waals surface area contributed by atoms with E-state index in [0.717, 1.165) is 19.3 Å². The Morgan fingerprint density at radius 3 is 1.91 bits per heavy atom. The third kappa shape index (κ3) is 22.8. The zero-order chi connectivity index (χ0) is 25.5. The van der Waals surface area contributed by atoms with Crippen molar-refractivity contribution >= 4 is 19.7 Å². The first-order valence-corrected chi connectivity index (χ1v) is 14.5. The minimum absolute atomic E-state index is 0.0754. The second kappa shape index (κ2) is 22.5. The minimum Gasteiger partial charge on any atom is -0.463 e. The molecule has 0 aliphatic carbocycles. The fourth-order valence-corrected chi connectivity index (χ4v) is 4.06. The molecule has 0 aromatic heterocycles. The van der Waals surface area contributed by atoms with Crippen molar-refractivity contribution in [1.29, 1.82) is 0 Å². The number of phosphoric ester groups is 1. The lowest BCUT2D eigenvalue weighted by Crippen LogP contribution is -2.27. The average molecular weight is 510 g/mol. The summed E-state index contributed by atoms with van der Waals surface area (Å²) >= 11 is 0. The van der Waals surface area contributed by atoms with E-state index in [1.165, 1.54) is 57.8 Å². The maximum absolute atomic E-state index is 11.8. The second-order valence-corrected chi connectivity index (χ2v) is 10.1. The fourth-order valence-electron chi connectivity index (χ4n) is 3.30. The molecule has 9 nitrogen and oxygen atoms in total. The van der Waals surface area contributed by atoms with Crippen LogP contribution >= 0.6 is 7.82 Å². The van der Waals surface area contributed by atoms with Crippen LogP contribution in [0.4, 0.5) is 0 Å². The molecule has 2 atom stereocenters. The number of esters is 1. The number of aliphatic hydroxyl groups excluding tert-OH is 1. The van der Waals surface area contributed by atoms with Gasteiger partial charge in [0.1, 0.15) is 12.7 Å². The molecule has 1 amide bonds. The molecule has 0 spiro atoms. The van der Waals surface area contributed by atoms with E-state index in [4.69, 9.17) is 13.8 Å². The number of carbonyl (C=O) groups excluding carboxylic acids is 2. The highest BCUT2D eigenvalue weighted by Crippen LogP contribution is 2.42. The Hall–Kier alpha value is -0.990. The van der Waals surface area contributed by atoms with Gasteiger partial charge in [-0.2, -0.15) is 0 Å². The topological polar surface area (TPSA) is 131 Å². The highest BCUT2D eigenvalue weighted by molar-refractivity contribution is 7.47. The Bertz CT molecular complexity index is 561. The summed E-state index contributed by atoms with van der Waals surface area (Å²) in [5, 5.41) is 12.3. The molecule has 2 unspecified atom stereocenters. The Morgan fingerprint density at radius 1 is 0.794 bits per heavy atom. The summed E-state index contributed by atoms with van der Waals surface area (Å²) in [7, 11) is -4.36. The van der Waals surface area contributed by atoms with Gasteiger partial charge in [0, 0.05) is 19.4 Å². The van der Waals surface area contributed by atoms with E-state index in [-0.39, 0.29) is 32.1 Å². The molecule has 34 heavy (non-hydrogen) atoms. The molecule has 0 saturated carbocycles. The van der Waals surface area contributed by atoms with Gasteiger partial charge in [0.15, 0.2) is 0 Å². The summed E-state index contributed by atoms with van der Waals surface area (Å²) in [6.45, 7) is 3.15. The smallest absolute Gasteiger partial charge is 0.463 e. The molecule has 0 heterocycles. The van der Waals surface area contributed by atoms with Crippen LogP contribution in [-0.4, -0.2) is 54.3 Å². The van der Waals surface area contributed by atoms with Crippen molar-refractivity contribution in [3.05, 3.63) is 0 Å². The van der Waals surface area contributed by atoms with Crippen molar-refractivity contribution < 1.29 is 37.9 Å². The van der Waals surface area contributed by atoms with Crippen LogP contribution in [0.2, 0.25) is 0 Å². The van der Waals surface area contributed by atoms with E-state index < -0.39 is 26.5 Å². The van der Waals surface area contributed by atoms with Crippen LogP contribution in [0.15, 0.2) is 0 Å². The summed E-state index contributed by atoms with van der Waals surface area (Å²) in [4.78, 5) is 32.6. The Morgan fingerprint density at radius 2 is 1.35 bits per heavy atom. The summed E-state index contributed by atoms with van der Waals surface area (Å²) in [6, 6.07) is 0. The number of nitrogens with one attached hydrogen (secondary N) is 1. The number of ether oxygens (including phenoxy) is 1. The molecule has 0 saturated heterocycles. The first-order valence-electron chi connectivity index (χ1n) is 13.0. The predicted molar refractivity (Wildman–Crippen MR) is 132 cm³/mol. The largest absolute Gasteiger partial charge is 0.472 e. The number of amides is 1. The zero-order valence-corrected chi connectivity index (χ0v) is 22.2. The fraction of sp³-hybridized carbons (Fsp3) is 0.917. The quantitative estimate of drug-likeness (QED) is 0.0938.